The molecule has 0 radical (unpaired) electrons. The van der Waals surface area contributed by atoms with Gasteiger partial charge in [-0.1, -0.05) is 29.8 Å². The first kappa shape index (κ1) is 22.0. The van der Waals surface area contributed by atoms with Gasteiger partial charge in [-0.15, -0.1) is 24.0 Å². The van der Waals surface area contributed by atoms with Crippen molar-refractivity contribution in [2.75, 3.05) is 25.0 Å². The normalized spacial score (nSPS) is 16.7. The van der Waals surface area contributed by atoms with E-state index in [1.54, 1.807) is 7.05 Å². The average molecular weight is 489 g/mol. The van der Waals surface area contributed by atoms with Crippen molar-refractivity contribution < 1.29 is 0 Å². The Hall–Kier alpha value is -2.27. The lowest BCUT2D eigenvalue weighted by atomic mass is 10.0. The minimum absolute atomic E-state index is 0. The monoisotopic (exact) mass is 489 g/mol. The van der Waals surface area contributed by atoms with Crippen LogP contribution in [0.1, 0.15) is 29.5 Å². The lowest BCUT2D eigenvalue weighted by Crippen LogP contribution is -2.51. The van der Waals surface area contributed by atoms with Crippen LogP contribution in [0.25, 0.3) is 0 Å². The highest BCUT2D eigenvalue weighted by molar-refractivity contribution is 14.0. The molecule has 28 heavy (non-hydrogen) atoms. The molecule has 1 atom stereocenters. The summed E-state index contributed by atoms with van der Waals surface area (Å²) in [5.41, 5.74) is 4.38. The number of nitriles is 1. The molecule has 0 aliphatic carbocycles. The second-order valence-electron chi connectivity index (χ2n) is 7.00. The maximum atomic E-state index is 8.89. The van der Waals surface area contributed by atoms with Gasteiger partial charge >= 0.3 is 0 Å². The SMILES string of the molecule is CN=C(NCc1ccc(C#N)cc1)NC1CCCN(c2ccc(C)cc2)C1.I. The molecule has 0 saturated carbocycles. The van der Waals surface area contributed by atoms with E-state index in [2.05, 4.69) is 57.8 Å². The molecule has 1 fully saturated rings. The van der Waals surface area contributed by atoms with Crippen LogP contribution in [0.2, 0.25) is 0 Å². The quantitative estimate of drug-likeness (QED) is 0.390. The summed E-state index contributed by atoms with van der Waals surface area (Å²) in [5, 5.41) is 15.8. The maximum absolute atomic E-state index is 8.89. The van der Waals surface area contributed by atoms with Crippen molar-refractivity contribution in [2.24, 2.45) is 4.99 Å². The molecular formula is C22H28IN5. The highest BCUT2D eigenvalue weighted by Crippen LogP contribution is 2.20. The van der Waals surface area contributed by atoms with Gasteiger partial charge in [-0.25, -0.2) is 0 Å². The molecule has 2 N–H and O–H groups in total. The minimum atomic E-state index is 0. The summed E-state index contributed by atoms with van der Waals surface area (Å²) in [6.07, 6.45) is 2.30. The van der Waals surface area contributed by atoms with Crippen LogP contribution in [0, 0.1) is 18.3 Å². The fraction of sp³-hybridized carbons (Fsp3) is 0.364. The van der Waals surface area contributed by atoms with Gasteiger partial charge in [-0.3, -0.25) is 4.99 Å². The van der Waals surface area contributed by atoms with Crippen LogP contribution in [0.4, 0.5) is 5.69 Å². The molecule has 2 aromatic rings. The van der Waals surface area contributed by atoms with Gasteiger partial charge in [0.05, 0.1) is 11.6 Å². The lowest BCUT2D eigenvalue weighted by molar-refractivity contribution is 0.468. The van der Waals surface area contributed by atoms with Crippen molar-refractivity contribution in [1.29, 1.82) is 5.26 Å². The zero-order valence-electron chi connectivity index (χ0n) is 16.5. The van der Waals surface area contributed by atoms with Gasteiger partial charge in [0, 0.05) is 38.4 Å². The first-order chi connectivity index (χ1) is 13.2. The Balaban J connectivity index is 0.00000280. The highest BCUT2D eigenvalue weighted by Gasteiger charge is 2.20. The number of nitrogens with one attached hydrogen (secondary N) is 2. The zero-order valence-corrected chi connectivity index (χ0v) is 18.8. The molecule has 1 saturated heterocycles. The Bertz CT molecular complexity index is 808. The largest absolute Gasteiger partial charge is 0.369 e. The maximum Gasteiger partial charge on any atom is 0.191 e. The van der Waals surface area contributed by atoms with Crippen LogP contribution < -0.4 is 15.5 Å². The Morgan fingerprint density at radius 3 is 2.54 bits per heavy atom. The highest BCUT2D eigenvalue weighted by atomic mass is 127. The number of halogens is 1. The summed E-state index contributed by atoms with van der Waals surface area (Å²) in [7, 11) is 1.80. The van der Waals surface area contributed by atoms with Gasteiger partial charge in [0.1, 0.15) is 0 Å². The number of rotatable bonds is 4. The van der Waals surface area contributed by atoms with Crippen LogP contribution in [0.5, 0.6) is 0 Å². The summed E-state index contributed by atoms with van der Waals surface area (Å²) in [6, 6.07) is 18.9. The number of hydrogen-bond donors (Lipinski definition) is 2. The fourth-order valence-corrected chi connectivity index (χ4v) is 3.36. The first-order valence-electron chi connectivity index (χ1n) is 9.46. The summed E-state index contributed by atoms with van der Waals surface area (Å²) < 4.78 is 0. The second-order valence-corrected chi connectivity index (χ2v) is 7.00. The first-order valence-corrected chi connectivity index (χ1v) is 9.46. The van der Waals surface area contributed by atoms with Crippen LogP contribution in [0.3, 0.4) is 0 Å². The van der Waals surface area contributed by atoms with E-state index in [1.165, 1.54) is 11.3 Å². The van der Waals surface area contributed by atoms with Crippen molar-refractivity contribution in [3.63, 3.8) is 0 Å². The molecule has 2 aromatic carbocycles. The number of hydrogen-bond acceptors (Lipinski definition) is 3. The van der Waals surface area contributed by atoms with E-state index in [0.29, 0.717) is 18.2 Å². The van der Waals surface area contributed by atoms with E-state index in [0.717, 1.165) is 37.5 Å². The van der Waals surface area contributed by atoms with Crippen LogP contribution in [0.15, 0.2) is 53.5 Å². The average Bonchev–Trinajstić information content (AvgIpc) is 2.72. The van der Waals surface area contributed by atoms with E-state index < -0.39 is 0 Å². The van der Waals surface area contributed by atoms with Gasteiger partial charge in [-0.2, -0.15) is 5.26 Å². The van der Waals surface area contributed by atoms with Crippen molar-refractivity contribution >= 4 is 35.6 Å². The van der Waals surface area contributed by atoms with Crippen LogP contribution >= 0.6 is 24.0 Å². The van der Waals surface area contributed by atoms with E-state index in [1.807, 2.05) is 24.3 Å². The predicted octanol–water partition coefficient (Wildman–Crippen LogP) is 3.82. The number of guanidine groups is 1. The third-order valence-corrected chi connectivity index (χ3v) is 4.93. The summed E-state index contributed by atoms with van der Waals surface area (Å²) in [4.78, 5) is 6.80. The third kappa shape index (κ3) is 6.13. The van der Waals surface area contributed by atoms with Crippen molar-refractivity contribution in [3.05, 3.63) is 65.2 Å². The number of benzene rings is 2. The molecule has 0 amide bonds. The summed E-state index contributed by atoms with van der Waals surface area (Å²) in [5.74, 6) is 0.815. The number of nitrogens with zero attached hydrogens (tertiary/aromatic N) is 3. The topological polar surface area (TPSA) is 63.5 Å². The van der Waals surface area contributed by atoms with E-state index >= 15 is 0 Å². The molecule has 1 unspecified atom stereocenters. The number of piperidine rings is 1. The molecule has 6 heteroatoms. The second kappa shape index (κ2) is 10.9. The fourth-order valence-electron chi connectivity index (χ4n) is 3.36. The summed E-state index contributed by atoms with van der Waals surface area (Å²) >= 11 is 0. The van der Waals surface area contributed by atoms with E-state index in [9.17, 15) is 0 Å². The number of aryl methyl sites for hydroxylation is 1. The van der Waals surface area contributed by atoms with Gasteiger partial charge in [0.15, 0.2) is 5.96 Å². The Kier molecular flexibility index (Phi) is 8.58. The lowest BCUT2D eigenvalue weighted by Gasteiger charge is -2.35. The molecule has 0 bridgehead atoms. The third-order valence-electron chi connectivity index (χ3n) is 4.93. The molecule has 0 aromatic heterocycles. The van der Waals surface area contributed by atoms with Crippen molar-refractivity contribution in [1.82, 2.24) is 10.6 Å². The molecule has 5 nitrogen and oxygen atoms in total. The molecule has 3 rings (SSSR count). The molecule has 1 aliphatic rings. The van der Waals surface area contributed by atoms with Gasteiger partial charge in [-0.05, 0) is 49.6 Å². The summed E-state index contributed by atoms with van der Waals surface area (Å²) in [6.45, 7) is 4.87. The van der Waals surface area contributed by atoms with Crippen molar-refractivity contribution in [2.45, 2.75) is 32.4 Å². The molecular weight excluding hydrogens is 461 g/mol. The number of anilines is 1. The van der Waals surface area contributed by atoms with Crippen LogP contribution in [-0.2, 0) is 6.54 Å². The minimum Gasteiger partial charge on any atom is -0.369 e. The Morgan fingerprint density at radius 1 is 1.18 bits per heavy atom. The molecule has 0 spiro atoms. The molecule has 1 aliphatic heterocycles. The van der Waals surface area contributed by atoms with E-state index in [-0.39, 0.29) is 24.0 Å². The number of aliphatic imine (C=N–C) groups is 1. The Morgan fingerprint density at radius 2 is 1.89 bits per heavy atom. The smallest absolute Gasteiger partial charge is 0.191 e. The molecule has 1 heterocycles. The van der Waals surface area contributed by atoms with E-state index in [4.69, 9.17) is 5.26 Å². The molecule has 148 valence electrons. The van der Waals surface area contributed by atoms with Gasteiger partial charge < -0.3 is 15.5 Å². The Labute approximate surface area is 184 Å². The predicted molar refractivity (Wildman–Crippen MR) is 126 cm³/mol. The van der Waals surface area contributed by atoms with Crippen molar-refractivity contribution in [3.8, 4) is 6.07 Å². The zero-order chi connectivity index (χ0) is 19.1. The van der Waals surface area contributed by atoms with Gasteiger partial charge in [0.25, 0.3) is 0 Å². The van der Waals surface area contributed by atoms with Gasteiger partial charge in [0.2, 0.25) is 0 Å². The standard InChI is InChI=1S/C22H27N5.HI/c1-17-5-11-21(12-6-17)27-13-3-4-20(16-27)26-22(24-2)25-15-19-9-7-18(14-23)8-10-19;/h5-12,20H,3-4,13,15-16H2,1-2H3,(H2,24,25,26);1H. The van der Waals surface area contributed by atoms with Crippen LogP contribution in [-0.4, -0.2) is 32.1 Å².